The molecule has 0 fully saturated rings. The molecule has 0 saturated carbocycles. The molecule has 1 aromatic carbocycles. The number of thiophene rings is 1. The van der Waals surface area contributed by atoms with Gasteiger partial charge in [-0.25, -0.2) is 4.98 Å². The second kappa shape index (κ2) is 6.49. The fourth-order valence-corrected chi connectivity index (χ4v) is 3.68. The molecule has 0 aliphatic rings. The number of benzene rings is 1. The van der Waals surface area contributed by atoms with Crippen LogP contribution in [0.25, 0.3) is 10.2 Å². The van der Waals surface area contributed by atoms with E-state index in [9.17, 15) is 9.59 Å². The zero-order chi connectivity index (χ0) is 17.4. The van der Waals surface area contributed by atoms with E-state index in [-0.39, 0.29) is 11.5 Å². The van der Waals surface area contributed by atoms with E-state index in [1.165, 1.54) is 22.2 Å². The molecule has 3 aromatic rings. The van der Waals surface area contributed by atoms with E-state index in [1.54, 1.807) is 19.1 Å². The Morgan fingerprint density at radius 3 is 2.62 bits per heavy atom. The first-order chi connectivity index (χ1) is 11.4. The predicted molar refractivity (Wildman–Crippen MR) is 101 cm³/mol. The predicted octanol–water partition coefficient (Wildman–Crippen LogP) is 4.04. The second-order valence-electron chi connectivity index (χ2n) is 5.59. The summed E-state index contributed by atoms with van der Waals surface area (Å²) in [6.45, 7) is 5.57. The summed E-state index contributed by atoms with van der Waals surface area (Å²) < 4.78 is 2.32. The summed E-state index contributed by atoms with van der Waals surface area (Å²) >= 11 is 4.85. The first kappa shape index (κ1) is 16.9. The molecule has 124 valence electrons. The molecule has 0 spiro atoms. The molecule has 5 nitrogen and oxygen atoms in total. The minimum Gasteiger partial charge on any atom is -0.324 e. The molecule has 0 radical (unpaired) electrons. The highest BCUT2D eigenvalue weighted by Gasteiger charge is 2.20. The van der Waals surface area contributed by atoms with Crippen molar-refractivity contribution in [2.24, 2.45) is 0 Å². The van der Waals surface area contributed by atoms with Crippen LogP contribution >= 0.6 is 27.3 Å². The maximum Gasteiger partial charge on any atom is 0.263 e. The van der Waals surface area contributed by atoms with E-state index in [0.29, 0.717) is 15.9 Å². The summed E-state index contributed by atoms with van der Waals surface area (Å²) in [5.74, 6) is -0.259. The number of halogens is 1. The number of fused-ring (bicyclic) bond motifs is 1. The molecule has 1 unspecified atom stereocenters. The third-order valence-electron chi connectivity index (χ3n) is 4.02. The minimum atomic E-state index is -0.655. The quantitative estimate of drug-likeness (QED) is 0.714. The van der Waals surface area contributed by atoms with Gasteiger partial charge in [-0.15, -0.1) is 11.3 Å². The lowest BCUT2D eigenvalue weighted by atomic mass is 10.2. The largest absolute Gasteiger partial charge is 0.324 e. The standard InChI is InChI=1S/C17H16BrN3O2S/c1-9-11(3)24-16-14(9)17(23)21(8-19-16)10(2)15(22)20-13-6-4-12(18)5-7-13/h4-8,10H,1-3H3,(H,20,22). The van der Waals surface area contributed by atoms with Gasteiger partial charge >= 0.3 is 0 Å². The van der Waals surface area contributed by atoms with E-state index < -0.39 is 6.04 Å². The van der Waals surface area contributed by atoms with Crippen LogP contribution in [0.2, 0.25) is 0 Å². The summed E-state index contributed by atoms with van der Waals surface area (Å²) in [5.41, 5.74) is 1.43. The van der Waals surface area contributed by atoms with E-state index in [0.717, 1.165) is 14.9 Å². The number of carbonyl (C=O) groups is 1. The van der Waals surface area contributed by atoms with Crippen molar-refractivity contribution >= 4 is 49.1 Å². The van der Waals surface area contributed by atoms with E-state index in [2.05, 4.69) is 26.2 Å². The van der Waals surface area contributed by atoms with Crippen molar-refractivity contribution in [1.29, 1.82) is 0 Å². The zero-order valence-electron chi connectivity index (χ0n) is 13.5. The number of rotatable bonds is 3. The van der Waals surface area contributed by atoms with Gasteiger partial charge in [-0.1, -0.05) is 15.9 Å². The number of nitrogens with one attached hydrogen (secondary N) is 1. The van der Waals surface area contributed by atoms with Gasteiger partial charge in [0, 0.05) is 15.0 Å². The van der Waals surface area contributed by atoms with Crippen molar-refractivity contribution in [3.63, 3.8) is 0 Å². The molecular formula is C17H16BrN3O2S. The molecule has 24 heavy (non-hydrogen) atoms. The molecule has 1 N–H and O–H groups in total. The van der Waals surface area contributed by atoms with Gasteiger partial charge in [0.15, 0.2) is 0 Å². The maximum absolute atomic E-state index is 12.7. The number of aryl methyl sites for hydroxylation is 2. The number of nitrogens with zero attached hydrogens (tertiary/aromatic N) is 2. The van der Waals surface area contributed by atoms with E-state index in [4.69, 9.17) is 0 Å². The number of aromatic nitrogens is 2. The molecule has 3 rings (SSSR count). The number of amides is 1. The highest BCUT2D eigenvalue weighted by atomic mass is 79.9. The molecule has 1 atom stereocenters. The summed E-state index contributed by atoms with van der Waals surface area (Å²) in [6, 6.07) is 6.63. The number of anilines is 1. The molecule has 0 bridgehead atoms. The molecule has 1 amide bonds. The molecule has 7 heteroatoms. The van der Waals surface area contributed by atoms with Crippen LogP contribution in [0.5, 0.6) is 0 Å². The van der Waals surface area contributed by atoms with Crippen LogP contribution in [-0.2, 0) is 4.79 Å². The highest BCUT2D eigenvalue weighted by molar-refractivity contribution is 9.10. The monoisotopic (exact) mass is 405 g/mol. The Balaban J connectivity index is 1.93. The first-order valence-electron chi connectivity index (χ1n) is 7.41. The van der Waals surface area contributed by atoms with Crippen LogP contribution < -0.4 is 10.9 Å². The van der Waals surface area contributed by atoms with Gasteiger partial charge in [-0.2, -0.15) is 0 Å². The smallest absolute Gasteiger partial charge is 0.263 e. The Bertz CT molecular complexity index is 976. The van der Waals surface area contributed by atoms with Gasteiger partial charge in [-0.3, -0.25) is 14.2 Å². The van der Waals surface area contributed by atoms with Gasteiger partial charge in [0.05, 0.1) is 11.7 Å². The Hall–Kier alpha value is -1.99. The van der Waals surface area contributed by atoms with Gasteiger partial charge < -0.3 is 5.32 Å². The van der Waals surface area contributed by atoms with Crippen molar-refractivity contribution in [2.75, 3.05) is 5.32 Å². The topological polar surface area (TPSA) is 64.0 Å². The zero-order valence-corrected chi connectivity index (χ0v) is 15.9. The van der Waals surface area contributed by atoms with Crippen molar-refractivity contribution in [3.8, 4) is 0 Å². The normalized spacial score (nSPS) is 12.3. The van der Waals surface area contributed by atoms with Crippen molar-refractivity contribution in [2.45, 2.75) is 26.8 Å². The van der Waals surface area contributed by atoms with Gasteiger partial charge in [0.25, 0.3) is 5.56 Å². The lowest BCUT2D eigenvalue weighted by molar-refractivity contribution is -0.118. The van der Waals surface area contributed by atoms with E-state index in [1.807, 2.05) is 26.0 Å². The maximum atomic E-state index is 12.7. The molecule has 0 saturated heterocycles. The summed E-state index contributed by atoms with van der Waals surface area (Å²) in [7, 11) is 0. The summed E-state index contributed by atoms with van der Waals surface area (Å²) in [6.07, 6.45) is 1.45. The van der Waals surface area contributed by atoms with Crippen molar-refractivity contribution < 1.29 is 4.79 Å². The minimum absolute atomic E-state index is 0.180. The average molecular weight is 406 g/mol. The molecular weight excluding hydrogens is 390 g/mol. The Morgan fingerprint density at radius 1 is 1.29 bits per heavy atom. The van der Waals surface area contributed by atoms with Crippen LogP contribution in [0, 0.1) is 13.8 Å². The van der Waals surface area contributed by atoms with Crippen LogP contribution in [0.3, 0.4) is 0 Å². The third kappa shape index (κ3) is 3.01. The van der Waals surface area contributed by atoms with Gasteiger partial charge in [-0.05, 0) is 50.6 Å². The van der Waals surface area contributed by atoms with E-state index >= 15 is 0 Å². The summed E-state index contributed by atoms with van der Waals surface area (Å²) in [5, 5.41) is 3.42. The van der Waals surface area contributed by atoms with Crippen LogP contribution in [0.15, 0.2) is 39.9 Å². The Morgan fingerprint density at radius 2 is 1.96 bits per heavy atom. The molecule has 0 aliphatic carbocycles. The van der Waals surface area contributed by atoms with Crippen molar-refractivity contribution in [1.82, 2.24) is 9.55 Å². The number of hydrogen-bond acceptors (Lipinski definition) is 4. The third-order valence-corrected chi connectivity index (χ3v) is 5.67. The second-order valence-corrected chi connectivity index (χ2v) is 7.71. The van der Waals surface area contributed by atoms with Crippen LogP contribution in [0.4, 0.5) is 5.69 Å². The Kier molecular flexibility index (Phi) is 4.56. The number of carbonyl (C=O) groups excluding carboxylic acids is 1. The average Bonchev–Trinajstić information content (AvgIpc) is 2.85. The number of hydrogen-bond donors (Lipinski definition) is 1. The fraction of sp³-hybridized carbons (Fsp3) is 0.235. The lowest BCUT2D eigenvalue weighted by Crippen LogP contribution is -2.31. The fourth-order valence-electron chi connectivity index (χ4n) is 2.43. The first-order valence-corrected chi connectivity index (χ1v) is 9.02. The molecule has 2 aromatic heterocycles. The van der Waals surface area contributed by atoms with Crippen molar-refractivity contribution in [3.05, 3.63) is 55.9 Å². The molecule has 2 heterocycles. The SMILES string of the molecule is Cc1sc2ncn(C(C)C(=O)Nc3ccc(Br)cc3)c(=O)c2c1C. The summed E-state index contributed by atoms with van der Waals surface area (Å²) in [4.78, 5) is 31.3. The molecule has 0 aliphatic heterocycles. The lowest BCUT2D eigenvalue weighted by Gasteiger charge is -2.15. The van der Waals surface area contributed by atoms with Crippen LogP contribution in [0.1, 0.15) is 23.4 Å². The van der Waals surface area contributed by atoms with Gasteiger partial charge in [0.2, 0.25) is 5.91 Å². The van der Waals surface area contributed by atoms with Gasteiger partial charge in [0.1, 0.15) is 10.9 Å². The Labute approximate surface area is 151 Å². The highest BCUT2D eigenvalue weighted by Crippen LogP contribution is 2.26. The van der Waals surface area contributed by atoms with Crippen LogP contribution in [-0.4, -0.2) is 15.5 Å².